The summed E-state index contributed by atoms with van der Waals surface area (Å²) in [7, 11) is 0. The Balaban J connectivity index is 1.24. The van der Waals surface area contributed by atoms with Gasteiger partial charge in [0.05, 0.1) is 12.2 Å². The zero-order valence-electron chi connectivity index (χ0n) is 25.3. The lowest BCUT2D eigenvalue weighted by molar-refractivity contribution is -0.916. The molecular weight excluding hydrogens is 556 g/mol. The largest absolute Gasteiger partial charge is 0.387 e. The number of nitrogens with zero attached hydrogens (tertiary/aromatic N) is 4. The van der Waals surface area contributed by atoms with Crippen molar-refractivity contribution in [2.75, 3.05) is 25.0 Å². The van der Waals surface area contributed by atoms with Crippen molar-refractivity contribution < 1.29 is 19.5 Å². The normalized spacial score (nSPS) is 13.9. The Morgan fingerprint density at radius 1 is 1.02 bits per heavy atom. The van der Waals surface area contributed by atoms with E-state index in [1.54, 1.807) is 23.2 Å². The van der Waals surface area contributed by atoms with E-state index in [2.05, 4.69) is 24.2 Å². The molecule has 5 rings (SSSR count). The van der Waals surface area contributed by atoms with Crippen LogP contribution in [0, 0.1) is 4.91 Å². The lowest BCUT2D eigenvalue weighted by Gasteiger charge is -2.22. The minimum Gasteiger partial charge on any atom is -0.387 e. The maximum Gasteiger partial charge on any atom is 0.360 e. The van der Waals surface area contributed by atoms with Gasteiger partial charge in [0.25, 0.3) is 5.91 Å². The van der Waals surface area contributed by atoms with Gasteiger partial charge < -0.3 is 16.0 Å². The van der Waals surface area contributed by atoms with Crippen LogP contribution in [0.1, 0.15) is 65.7 Å². The predicted octanol–water partition coefficient (Wildman–Crippen LogP) is 5.55. The molecular formula is C34H39N6O4+. The fourth-order valence-corrected chi connectivity index (χ4v) is 5.47. The molecule has 0 aliphatic carbocycles. The highest BCUT2D eigenvalue weighted by Crippen LogP contribution is 2.29. The summed E-state index contributed by atoms with van der Waals surface area (Å²) in [6.45, 7) is 6.60. The third-order valence-corrected chi connectivity index (χ3v) is 7.68. The van der Waals surface area contributed by atoms with E-state index >= 15 is 0 Å². The number of rotatable bonds is 11. The number of hydrogen-bond donors (Lipinski definition) is 2. The van der Waals surface area contributed by atoms with Gasteiger partial charge in [0.1, 0.15) is 17.3 Å². The summed E-state index contributed by atoms with van der Waals surface area (Å²) in [6, 6.07) is 20.5. The Hall–Kier alpha value is -4.99. The first-order chi connectivity index (χ1) is 21.3. The number of amidine groups is 1. The summed E-state index contributed by atoms with van der Waals surface area (Å²) in [5, 5.41) is 5.16. The molecule has 0 saturated carbocycles. The number of carbonyl (C=O) groups is 2. The first kappa shape index (κ1) is 30.5. The van der Waals surface area contributed by atoms with Gasteiger partial charge in [-0.05, 0) is 66.3 Å². The van der Waals surface area contributed by atoms with E-state index in [4.69, 9.17) is 10.6 Å². The summed E-state index contributed by atoms with van der Waals surface area (Å²) in [4.78, 5) is 50.8. The molecule has 10 heteroatoms. The number of nitrogens with one attached hydrogen (secondary N) is 1. The summed E-state index contributed by atoms with van der Waals surface area (Å²) >= 11 is 0. The van der Waals surface area contributed by atoms with Gasteiger partial charge in [-0.25, -0.2) is 9.83 Å². The molecule has 0 fully saturated rings. The second kappa shape index (κ2) is 14.0. The van der Waals surface area contributed by atoms with Crippen molar-refractivity contribution in [3.05, 3.63) is 105 Å². The van der Waals surface area contributed by atoms with E-state index < -0.39 is 0 Å². The summed E-state index contributed by atoms with van der Waals surface area (Å²) < 4.78 is 0. The number of fused-ring (bicyclic) bond motifs is 2. The lowest BCUT2D eigenvalue weighted by Crippen LogP contribution is -2.38. The summed E-state index contributed by atoms with van der Waals surface area (Å²) in [6.07, 6.45) is 4.49. The number of hydrazine groups is 1. The minimum absolute atomic E-state index is 0.0280. The van der Waals surface area contributed by atoms with Crippen LogP contribution < -0.4 is 11.1 Å². The van der Waals surface area contributed by atoms with Crippen LogP contribution >= 0.6 is 0 Å². The monoisotopic (exact) mass is 595 g/mol. The van der Waals surface area contributed by atoms with Crippen LogP contribution in [0.4, 0.5) is 11.4 Å². The molecule has 3 aromatic rings. The van der Waals surface area contributed by atoms with E-state index in [1.165, 1.54) is 0 Å². The van der Waals surface area contributed by atoms with E-state index in [1.807, 2.05) is 59.5 Å². The molecule has 228 valence electrons. The highest BCUT2D eigenvalue weighted by atomic mass is 16.8. The van der Waals surface area contributed by atoms with Gasteiger partial charge in [0.2, 0.25) is 5.91 Å². The van der Waals surface area contributed by atoms with Crippen LogP contribution in [0.25, 0.3) is 6.08 Å². The quantitative estimate of drug-likeness (QED) is 0.281. The molecule has 0 saturated heterocycles. The molecule has 0 aromatic heterocycles. The van der Waals surface area contributed by atoms with E-state index in [0.29, 0.717) is 66.0 Å². The number of hydrogen-bond acceptors (Lipinski definition) is 6. The Morgan fingerprint density at radius 3 is 2.55 bits per heavy atom. The van der Waals surface area contributed by atoms with Crippen LogP contribution in [0.15, 0.2) is 77.3 Å². The predicted molar refractivity (Wildman–Crippen MR) is 171 cm³/mol. The Labute approximate surface area is 257 Å². The summed E-state index contributed by atoms with van der Waals surface area (Å²) in [5.74, 6) is 0.0278. The van der Waals surface area contributed by atoms with E-state index in [-0.39, 0.29) is 24.8 Å². The SMILES string of the molecule is CCCN(CCC)C(=O)C1=Cc2ccc(C(=O)Nc3ccc4c(c3)CCN([N+](=O)OCc3ccccc3)C4)cc2N=C(N)C1. The van der Waals surface area contributed by atoms with Gasteiger partial charge in [0, 0.05) is 41.9 Å². The van der Waals surface area contributed by atoms with Crippen molar-refractivity contribution in [3.63, 3.8) is 0 Å². The van der Waals surface area contributed by atoms with Crippen LogP contribution in [-0.4, -0.2) is 52.2 Å². The second-order valence-electron chi connectivity index (χ2n) is 11.1. The van der Waals surface area contributed by atoms with Crippen molar-refractivity contribution in [1.29, 1.82) is 0 Å². The Morgan fingerprint density at radius 2 is 1.80 bits per heavy atom. The van der Waals surface area contributed by atoms with Crippen LogP contribution in [0.3, 0.4) is 0 Å². The zero-order chi connectivity index (χ0) is 31.1. The van der Waals surface area contributed by atoms with Crippen molar-refractivity contribution in [3.8, 4) is 0 Å². The lowest BCUT2D eigenvalue weighted by atomic mass is 10.00. The fourth-order valence-electron chi connectivity index (χ4n) is 5.47. The molecule has 2 amide bonds. The second-order valence-corrected chi connectivity index (χ2v) is 11.1. The van der Waals surface area contributed by atoms with Crippen molar-refractivity contribution in [1.82, 2.24) is 9.91 Å². The first-order valence-corrected chi connectivity index (χ1v) is 15.1. The molecule has 3 N–H and O–H groups in total. The Kier molecular flexibility index (Phi) is 9.69. The van der Waals surface area contributed by atoms with E-state index in [0.717, 1.165) is 35.1 Å². The molecule has 3 aromatic carbocycles. The number of nitrogens with two attached hydrogens (primary N) is 1. The van der Waals surface area contributed by atoms with Crippen LogP contribution in [-0.2, 0) is 29.2 Å². The molecule has 0 atom stereocenters. The van der Waals surface area contributed by atoms with Gasteiger partial charge >= 0.3 is 5.03 Å². The molecule has 2 aliphatic heterocycles. The standard InChI is InChI=1S/C34H38N6O4/c1-3-15-38(16-4-2)34(42)29-18-26-10-11-27(20-31(26)37-32(35)21-29)33(41)36-30-13-12-28-22-39(17-14-25(28)19-30)40(43)44-23-24-8-6-5-7-9-24/h5-13,18-20H,3-4,14-17,21-23H2,1-2H3,(H2-,35,36,37,41,42)/p+1. The average molecular weight is 596 g/mol. The smallest absolute Gasteiger partial charge is 0.360 e. The highest BCUT2D eigenvalue weighted by molar-refractivity contribution is 6.08. The van der Waals surface area contributed by atoms with E-state index in [9.17, 15) is 14.5 Å². The maximum atomic E-state index is 13.3. The first-order valence-electron chi connectivity index (χ1n) is 15.1. The Bertz CT molecular complexity index is 1590. The topological polar surface area (TPSA) is 120 Å². The molecule has 0 spiro atoms. The van der Waals surface area contributed by atoms with Crippen molar-refractivity contribution in [2.45, 2.75) is 52.7 Å². The van der Waals surface area contributed by atoms with Crippen molar-refractivity contribution >= 4 is 35.1 Å². The molecule has 2 aliphatic rings. The maximum absolute atomic E-state index is 13.3. The number of benzene rings is 3. The zero-order valence-corrected chi connectivity index (χ0v) is 25.3. The third-order valence-electron chi connectivity index (χ3n) is 7.68. The number of amides is 2. The highest BCUT2D eigenvalue weighted by Gasteiger charge is 2.29. The van der Waals surface area contributed by atoms with Gasteiger partial charge in [-0.15, -0.1) is 0 Å². The molecule has 2 heterocycles. The molecule has 44 heavy (non-hydrogen) atoms. The van der Waals surface area contributed by atoms with Gasteiger partial charge in [0.15, 0.2) is 6.61 Å². The van der Waals surface area contributed by atoms with Crippen LogP contribution in [0.5, 0.6) is 0 Å². The summed E-state index contributed by atoms with van der Waals surface area (Å²) in [5.41, 5.74) is 12.2. The average Bonchev–Trinajstić information content (AvgIpc) is 3.20. The minimum atomic E-state index is -0.277. The molecule has 0 unspecified atom stereocenters. The van der Waals surface area contributed by atoms with Gasteiger partial charge in [-0.3, -0.25) is 9.59 Å². The molecule has 10 nitrogen and oxygen atoms in total. The number of aliphatic imine (C=N–C) groups is 1. The number of carbonyl (C=O) groups excluding carboxylic acids is 2. The van der Waals surface area contributed by atoms with Gasteiger partial charge in [-0.1, -0.05) is 61.3 Å². The van der Waals surface area contributed by atoms with Gasteiger partial charge in [-0.2, -0.15) is 0 Å². The molecule has 0 bridgehead atoms. The third kappa shape index (κ3) is 7.31. The van der Waals surface area contributed by atoms with Crippen LogP contribution in [0.2, 0.25) is 0 Å². The molecule has 0 radical (unpaired) electrons. The van der Waals surface area contributed by atoms with Crippen molar-refractivity contribution in [2.24, 2.45) is 10.7 Å². The number of anilines is 1. The fraction of sp³-hybridized carbons (Fsp3) is 0.324.